The van der Waals surface area contributed by atoms with Gasteiger partial charge in [0.2, 0.25) is 0 Å². The largest absolute Gasteiger partial charge is 0.312 e. The van der Waals surface area contributed by atoms with Crippen molar-refractivity contribution in [2.45, 2.75) is 19.9 Å². The van der Waals surface area contributed by atoms with Crippen LogP contribution in [0.5, 0.6) is 0 Å². The average molecular weight is 302 g/mol. The summed E-state index contributed by atoms with van der Waals surface area (Å²) >= 11 is 0. The number of non-ortho nitro benzene ring substituents is 1. The number of nitrogens with zero attached hydrogens (tertiary/aromatic N) is 3. The molecule has 1 aromatic carbocycles. The van der Waals surface area contributed by atoms with Crippen LogP contribution >= 0.6 is 0 Å². The summed E-state index contributed by atoms with van der Waals surface area (Å²) in [6.45, 7) is 3.36. The number of aryl methyl sites for hydroxylation is 1. The van der Waals surface area contributed by atoms with Crippen LogP contribution in [0.3, 0.4) is 0 Å². The molecule has 0 atom stereocenters. The fraction of sp³-hybridized carbons (Fsp3) is 0.333. The highest BCUT2D eigenvalue weighted by molar-refractivity contribution is 5.60. The van der Waals surface area contributed by atoms with Gasteiger partial charge in [0.25, 0.3) is 11.2 Å². The molecule has 1 aromatic heterocycles. The average Bonchev–Trinajstić information content (AvgIpc) is 2.51. The first-order valence-electron chi connectivity index (χ1n) is 7.05. The molecular weight excluding hydrogens is 284 g/mol. The summed E-state index contributed by atoms with van der Waals surface area (Å²) in [4.78, 5) is 22.3. The molecule has 7 nitrogen and oxygen atoms in total. The molecule has 2 rings (SSSR count). The number of rotatable bonds is 6. The first-order valence-corrected chi connectivity index (χ1v) is 7.05. The minimum absolute atomic E-state index is 0.0263. The Morgan fingerprint density at radius 2 is 2.00 bits per heavy atom. The Labute approximate surface area is 127 Å². The minimum Gasteiger partial charge on any atom is -0.312 e. The molecule has 0 bridgehead atoms. The van der Waals surface area contributed by atoms with Gasteiger partial charge in [0.15, 0.2) is 0 Å². The van der Waals surface area contributed by atoms with Gasteiger partial charge in [-0.3, -0.25) is 14.9 Å². The molecule has 116 valence electrons. The van der Waals surface area contributed by atoms with E-state index in [1.54, 1.807) is 25.2 Å². The van der Waals surface area contributed by atoms with Gasteiger partial charge < -0.3 is 5.32 Å². The van der Waals surface area contributed by atoms with Gasteiger partial charge in [0.05, 0.1) is 10.6 Å². The van der Waals surface area contributed by atoms with Crippen molar-refractivity contribution in [3.8, 4) is 11.3 Å². The predicted octanol–water partition coefficient (Wildman–Crippen LogP) is 1.86. The van der Waals surface area contributed by atoms with Crippen molar-refractivity contribution in [1.29, 1.82) is 0 Å². The quantitative estimate of drug-likeness (QED) is 0.499. The van der Waals surface area contributed by atoms with Crippen molar-refractivity contribution in [3.05, 3.63) is 56.4 Å². The molecule has 0 aliphatic carbocycles. The zero-order valence-corrected chi connectivity index (χ0v) is 12.6. The van der Waals surface area contributed by atoms with E-state index >= 15 is 0 Å². The smallest absolute Gasteiger partial charge is 0.271 e. The number of nitro benzene ring substituents is 1. The van der Waals surface area contributed by atoms with E-state index in [1.807, 2.05) is 0 Å². The zero-order valence-electron chi connectivity index (χ0n) is 12.6. The molecule has 7 heteroatoms. The lowest BCUT2D eigenvalue weighted by Gasteiger charge is -2.08. The van der Waals surface area contributed by atoms with E-state index in [2.05, 4.69) is 17.3 Å². The van der Waals surface area contributed by atoms with Gasteiger partial charge in [-0.15, -0.1) is 0 Å². The van der Waals surface area contributed by atoms with E-state index in [-0.39, 0.29) is 11.2 Å². The Balaban J connectivity index is 2.34. The molecule has 1 heterocycles. The van der Waals surface area contributed by atoms with E-state index in [9.17, 15) is 14.9 Å². The molecule has 2 aromatic rings. The second-order valence-corrected chi connectivity index (χ2v) is 4.96. The molecule has 0 aliphatic heterocycles. The van der Waals surface area contributed by atoms with E-state index < -0.39 is 4.92 Å². The maximum absolute atomic E-state index is 12.1. The number of benzene rings is 1. The predicted molar refractivity (Wildman–Crippen MR) is 83.6 cm³/mol. The van der Waals surface area contributed by atoms with Gasteiger partial charge in [-0.2, -0.15) is 5.10 Å². The van der Waals surface area contributed by atoms with E-state index in [0.717, 1.165) is 18.5 Å². The van der Waals surface area contributed by atoms with Crippen LogP contribution in [0.1, 0.15) is 18.9 Å². The monoisotopic (exact) mass is 302 g/mol. The fourth-order valence-electron chi connectivity index (χ4n) is 2.09. The summed E-state index contributed by atoms with van der Waals surface area (Å²) in [7, 11) is 1.60. The highest BCUT2D eigenvalue weighted by Crippen LogP contribution is 2.20. The molecule has 0 aliphatic rings. The maximum atomic E-state index is 12.1. The standard InChI is InChI=1S/C15H18N4O3/c1-3-8-16-10-12-9-14(17-18(2)15(12)20)11-4-6-13(7-5-11)19(21)22/h4-7,9,16H,3,8,10H2,1-2H3. The Kier molecular flexibility index (Phi) is 5.00. The second kappa shape index (κ2) is 6.95. The van der Waals surface area contributed by atoms with Crippen LogP contribution in [-0.2, 0) is 13.6 Å². The van der Waals surface area contributed by atoms with Crippen LogP contribution in [0.2, 0.25) is 0 Å². The first kappa shape index (κ1) is 15.8. The van der Waals surface area contributed by atoms with Gasteiger partial charge in [-0.05, 0) is 31.2 Å². The molecule has 0 spiro atoms. The summed E-state index contributed by atoms with van der Waals surface area (Å²) in [6, 6.07) is 7.85. The molecule has 0 radical (unpaired) electrons. The maximum Gasteiger partial charge on any atom is 0.271 e. The lowest BCUT2D eigenvalue weighted by Crippen LogP contribution is -2.27. The highest BCUT2D eigenvalue weighted by Gasteiger charge is 2.10. The van der Waals surface area contributed by atoms with Crippen LogP contribution in [-0.4, -0.2) is 21.2 Å². The van der Waals surface area contributed by atoms with Gasteiger partial charge in [-0.25, -0.2) is 4.68 Å². The zero-order chi connectivity index (χ0) is 16.1. The van der Waals surface area contributed by atoms with Crippen molar-refractivity contribution in [1.82, 2.24) is 15.1 Å². The van der Waals surface area contributed by atoms with Crippen molar-refractivity contribution in [2.24, 2.45) is 7.05 Å². The number of hydrogen-bond acceptors (Lipinski definition) is 5. The molecule has 0 saturated heterocycles. The number of aromatic nitrogens is 2. The van der Waals surface area contributed by atoms with E-state index in [0.29, 0.717) is 17.8 Å². The van der Waals surface area contributed by atoms with Crippen molar-refractivity contribution in [3.63, 3.8) is 0 Å². The lowest BCUT2D eigenvalue weighted by atomic mass is 10.1. The highest BCUT2D eigenvalue weighted by atomic mass is 16.6. The Hall–Kier alpha value is -2.54. The topological polar surface area (TPSA) is 90.1 Å². The van der Waals surface area contributed by atoms with Crippen molar-refractivity contribution < 1.29 is 4.92 Å². The summed E-state index contributed by atoms with van der Waals surface area (Å²) in [5.74, 6) is 0. The van der Waals surface area contributed by atoms with E-state index in [4.69, 9.17) is 0 Å². The van der Waals surface area contributed by atoms with Crippen LogP contribution < -0.4 is 10.9 Å². The van der Waals surface area contributed by atoms with Crippen LogP contribution in [0.15, 0.2) is 35.1 Å². The summed E-state index contributed by atoms with van der Waals surface area (Å²) in [6.07, 6.45) is 0.987. The molecule has 0 saturated carbocycles. The Morgan fingerprint density at radius 3 is 2.59 bits per heavy atom. The van der Waals surface area contributed by atoms with Gasteiger partial charge in [0, 0.05) is 36.9 Å². The van der Waals surface area contributed by atoms with E-state index in [1.165, 1.54) is 16.8 Å². The normalized spacial score (nSPS) is 10.6. The molecule has 0 amide bonds. The van der Waals surface area contributed by atoms with Gasteiger partial charge in [0.1, 0.15) is 0 Å². The molecule has 22 heavy (non-hydrogen) atoms. The minimum atomic E-state index is -0.446. The summed E-state index contributed by atoms with van der Waals surface area (Å²) < 4.78 is 1.29. The fourth-order valence-corrected chi connectivity index (χ4v) is 2.09. The molecule has 0 unspecified atom stereocenters. The van der Waals surface area contributed by atoms with Gasteiger partial charge in [-0.1, -0.05) is 6.92 Å². The first-order chi connectivity index (χ1) is 10.5. The van der Waals surface area contributed by atoms with Crippen LogP contribution in [0, 0.1) is 10.1 Å². The van der Waals surface area contributed by atoms with Crippen LogP contribution in [0.4, 0.5) is 5.69 Å². The third-order valence-corrected chi connectivity index (χ3v) is 3.25. The number of nitrogens with one attached hydrogen (secondary N) is 1. The third kappa shape index (κ3) is 3.56. The lowest BCUT2D eigenvalue weighted by molar-refractivity contribution is -0.384. The van der Waals surface area contributed by atoms with Crippen molar-refractivity contribution in [2.75, 3.05) is 6.54 Å². The summed E-state index contributed by atoms with van der Waals surface area (Å²) in [5, 5.41) is 18.1. The molecule has 0 fully saturated rings. The number of hydrogen-bond donors (Lipinski definition) is 1. The second-order valence-electron chi connectivity index (χ2n) is 4.96. The number of nitro groups is 1. The molecule has 1 N–H and O–H groups in total. The Bertz CT molecular complexity index is 723. The SMILES string of the molecule is CCCNCc1cc(-c2ccc([N+](=O)[O-])cc2)nn(C)c1=O. The molecular formula is C15H18N4O3. The summed E-state index contributed by atoms with van der Waals surface area (Å²) in [5.41, 5.74) is 1.86. The Morgan fingerprint density at radius 1 is 1.32 bits per heavy atom. The van der Waals surface area contributed by atoms with Crippen molar-refractivity contribution >= 4 is 5.69 Å². The van der Waals surface area contributed by atoms with Crippen LogP contribution in [0.25, 0.3) is 11.3 Å². The third-order valence-electron chi connectivity index (χ3n) is 3.25. The van der Waals surface area contributed by atoms with Gasteiger partial charge >= 0.3 is 0 Å².